The molecule has 1 atom stereocenters. The number of fused-ring (bicyclic) bond motifs is 1. The van der Waals surface area contributed by atoms with Gasteiger partial charge in [-0.25, -0.2) is 0 Å². The highest BCUT2D eigenvalue weighted by molar-refractivity contribution is 5.91. The zero-order chi connectivity index (χ0) is 16.2. The van der Waals surface area contributed by atoms with Gasteiger partial charge in [-0.2, -0.15) is 0 Å². The highest BCUT2D eigenvalue weighted by Crippen LogP contribution is 2.32. The average Bonchev–Trinajstić information content (AvgIpc) is 2.55. The molecule has 0 spiro atoms. The van der Waals surface area contributed by atoms with Crippen molar-refractivity contribution in [3.05, 3.63) is 65.7 Å². The first-order valence-corrected chi connectivity index (χ1v) is 7.85. The van der Waals surface area contributed by atoms with E-state index in [1.165, 1.54) is 5.56 Å². The SMILES string of the molecule is CC(=O)N1CCc2ccccc2C1CC(=O)Nc1ccccc1. The summed E-state index contributed by atoms with van der Waals surface area (Å²) in [6.07, 6.45) is 1.11. The van der Waals surface area contributed by atoms with Crippen molar-refractivity contribution in [1.82, 2.24) is 4.90 Å². The molecular weight excluding hydrogens is 288 g/mol. The molecule has 0 fully saturated rings. The van der Waals surface area contributed by atoms with E-state index in [1.54, 1.807) is 11.8 Å². The van der Waals surface area contributed by atoms with E-state index in [0.717, 1.165) is 17.7 Å². The van der Waals surface area contributed by atoms with Crippen LogP contribution in [0.5, 0.6) is 0 Å². The second kappa shape index (κ2) is 6.65. The number of rotatable bonds is 3. The van der Waals surface area contributed by atoms with Gasteiger partial charge in [0.25, 0.3) is 0 Å². The van der Waals surface area contributed by atoms with Gasteiger partial charge in [0.2, 0.25) is 11.8 Å². The van der Waals surface area contributed by atoms with Crippen molar-refractivity contribution in [3.8, 4) is 0 Å². The maximum absolute atomic E-state index is 12.4. The summed E-state index contributed by atoms with van der Waals surface area (Å²) < 4.78 is 0. The molecule has 0 saturated carbocycles. The first kappa shape index (κ1) is 15.3. The number of amides is 2. The predicted octanol–water partition coefficient (Wildman–Crippen LogP) is 3.16. The van der Waals surface area contributed by atoms with Crippen LogP contribution in [0.25, 0.3) is 0 Å². The summed E-state index contributed by atoms with van der Waals surface area (Å²) in [5.41, 5.74) is 3.08. The van der Waals surface area contributed by atoms with Gasteiger partial charge in [-0.05, 0) is 29.7 Å². The number of hydrogen-bond donors (Lipinski definition) is 1. The van der Waals surface area contributed by atoms with E-state index in [2.05, 4.69) is 11.4 Å². The van der Waals surface area contributed by atoms with E-state index >= 15 is 0 Å². The Morgan fingerprint density at radius 3 is 2.52 bits per heavy atom. The first-order valence-electron chi connectivity index (χ1n) is 7.85. The summed E-state index contributed by atoms with van der Waals surface area (Å²) >= 11 is 0. The lowest BCUT2D eigenvalue weighted by Gasteiger charge is -2.36. The molecule has 2 aromatic carbocycles. The molecule has 2 aromatic rings. The molecule has 1 heterocycles. The molecule has 0 bridgehead atoms. The molecule has 3 rings (SSSR count). The number of para-hydroxylation sites is 1. The molecule has 118 valence electrons. The standard InChI is InChI=1S/C19H20N2O2/c1-14(22)21-12-11-15-7-5-6-10-17(15)18(21)13-19(23)20-16-8-3-2-4-9-16/h2-10,18H,11-13H2,1H3,(H,20,23). The summed E-state index contributed by atoms with van der Waals surface area (Å²) in [5, 5.41) is 2.90. The molecule has 1 N–H and O–H groups in total. The van der Waals surface area contributed by atoms with Crippen molar-refractivity contribution in [2.75, 3.05) is 11.9 Å². The zero-order valence-electron chi connectivity index (χ0n) is 13.2. The lowest BCUT2D eigenvalue weighted by Crippen LogP contribution is -2.40. The molecular formula is C19H20N2O2. The topological polar surface area (TPSA) is 49.4 Å². The van der Waals surface area contributed by atoms with Crippen LogP contribution < -0.4 is 5.32 Å². The van der Waals surface area contributed by atoms with Crippen LogP contribution in [0.1, 0.15) is 30.5 Å². The second-order valence-corrected chi connectivity index (χ2v) is 5.80. The Labute approximate surface area is 136 Å². The Kier molecular flexibility index (Phi) is 4.42. The molecule has 0 aromatic heterocycles. The van der Waals surface area contributed by atoms with Gasteiger partial charge in [-0.15, -0.1) is 0 Å². The van der Waals surface area contributed by atoms with E-state index in [9.17, 15) is 9.59 Å². The fraction of sp³-hybridized carbons (Fsp3) is 0.263. The van der Waals surface area contributed by atoms with E-state index in [-0.39, 0.29) is 24.3 Å². The third-order valence-corrected chi connectivity index (χ3v) is 4.25. The Morgan fingerprint density at radius 1 is 1.09 bits per heavy atom. The number of benzene rings is 2. The highest BCUT2D eigenvalue weighted by Gasteiger charge is 2.30. The molecule has 0 saturated heterocycles. The maximum Gasteiger partial charge on any atom is 0.226 e. The Balaban J connectivity index is 1.80. The number of hydrogen-bond acceptors (Lipinski definition) is 2. The molecule has 1 aliphatic heterocycles. The maximum atomic E-state index is 12.4. The summed E-state index contributed by atoms with van der Waals surface area (Å²) in [7, 11) is 0. The van der Waals surface area contributed by atoms with Crippen LogP contribution in [0.4, 0.5) is 5.69 Å². The number of carbonyl (C=O) groups excluding carboxylic acids is 2. The van der Waals surface area contributed by atoms with Crippen LogP contribution in [0.2, 0.25) is 0 Å². The molecule has 0 aliphatic carbocycles. The van der Waals surface area contributed by atoms with Crippen molar-refractivity contribution >= 4 is 17.5 Å². The van der Waals surface area contributed by atoms with Gasteiger partial charge < -0.3 is 10.2 Å². The van der Waals surface area contributed by atoms with Gasteiger partial charge in [0.05, 0.1) is 12.5 Å². The Hall–Kier alpha value is -2.62. The van der Waals surface area contributed by atoms with Crippen molar-refractivity contribution in [3.63, 3.8) is 0 Å². The third-order valence-electron chi connectivity index (χ3n) is 4.25. The number of nitrogens with zero attached hydrogens (tertiary/aromatic N) is 1. The van der Waals surface area contributed by atoms with Crippen LogP contribution in [-0.4, -0.2) is 23.3 Å². The number of nitrogens with one attached hydrogen (secondary N) is 1. The van der Waals surface area contributed by atoms with Gasteiger partial charge >= 0.3 is 0 Å². The number of carbonyl (C=O) groups is 2. The molecule has 0 radical (unpaired) electrons. The molecule has 2 amide bonds. The monoisotopic (exact) mass is 308 g/mol. The molecule has 4 nitrogen and oxygen atoms in total. The summed E-state index contributed by atoms with van der Waals surface area (Å²) in [6.45, 7) is 2.23. The summed E-state index contributed by atoms with van der Waals surface area (Å²) in [4.78, 5) is 26.2. The summed E-state index contributed by atoms with van der Waals surface area (Å²) in [5.74, 6) is -0.0684. The van der Waals surface area contributed by atoms with Gasteiger partial charge in [-0.3, -0.25) is 9.59 Å². The fourth-order valence-corrected chi connectivity index (χ4v) is 3.16. The summed E-state index contributed by atoms with van der Waals surface area (Å²) in [6, 6.07) is 17.3. The zero-order valence-corrected chi connectivity index (χ0v) is 13.2. The van der Waals surface area contributed by atoms with E-state index in [4.69, 9.17) is 0 Å². The van der Waals surface area contributed by atoms with Crippen molar-refractivity contribution in [2.45, 2.75) is 25.8 Å². The van der Waals surface area contributed by atoms with E-state index < -0.39 is 0 Å². The smallest absolute Gasteiger partial charge is 0.226 e. The van der Waals surface area contributed by atoms with E-state index in [0.29, 0.717) is 6.54 Å². The molecule has 1 aliphatic rings. The lowest BCUT2D eigenvalue weighted by atomic mass is 9.90. The van der Waals surface area contributed by atoms with Crippen molar-refractivity contribution in [2.24, 2.45) is 0 Å². The normalized spacial score (nSPS) is 16.6. The Morgan fingerprint density at radius 2 is 1.78 bits per heavy atom. The van der Waals surface area contributed by atoms with Crippen LogP contribution in [0.15, 0.2) is 54.6 Å². The van der Waals surface area contributed by atoms with Crippen LogP contribution in [-0.2, 0) is 16.0 Å². The second-order valence-electron chi connectivity index (χ2n) is 5.80. The molecule has 23 heavy (non-hydrogen) atoms. The third kappa shape index (κ3) is 3.42. The number of anilines is 1. The minimum atomic E-state index is -0.193. The highest BCUT2D eigenvalue weighted by atomic mass is 16.2. The average molecular weight is 308 g/mol. The van der Waals surface area contributed by atoms with Gasteiger partial charge in [0.15, 0.2) is 0 Å². The lowest BCUT2D eigenvalue weighted by molar-refractivity contribution is -0.132. The minimum absolute atomic E-state index is 0.0111. The first-order chi connectivity index (χ1) is 11.1. The van der Waals surface area contributed by atoms with Gasteiger partial charge in [0.1, 0.15) is 0 Å². The largest absolute Gasteiger partial charge is 0.335 e. The van der Waals surface area contributed by atoms with Crippen LogP contribution >= 0.6 is 0 Å². The van der Waals surface area contributed by atoms with Gasteiger partial charge in [-0.1, -0.05) is 42.5 Å². The quantitative estimate of drug-likeness (QED) is 0.947. The fourth-order valence-electron chi connectivity index (χ4n) is 3.16. The van der Waals surface area contributed by atoms with Crippen molar-refractivity contribution < 1.29 is 9.59 Å². The molecule has 4 heteroatoms. The Bertz CT molecular complexity index is 712. The van der Waals surface area contributed by atoms with Crippen LogP contribution in [0, 0.1) is 0 Å². The molecule has 1 unspecified atom stereocenters. The van der Waals surface area contributed by atoms with Crippen LogP contribution in [0.3, 0.4) is 0 Å². The van der Waals surface area contributed by atoms with Gasteiger partial charge in [0, 0.05) is 19.2 Å². The predicted molar refractivity (Wildman–Crippen MR) is 90.0 cm³/mol. The van der Waals surface area contributed by atoms with Crippen molar-refractivity contribution in [1.29, 1.82) is 0 Å². The van der Waals surface area contributed by atoms with E-state index in [1.807, 2.05) is 48.5 Å². The minimum Gasteiger partial charge on any atom is -0.335 e.